The largest absolute Gasteiger partial charge is 0.236 e. The molecule has 3 fully saturated rings. The van der Waals surface area contributed by atoms with Gasteiger partial charge in [0.05, 0.1) is 5.75 Å². The Hall–Kier alpha value is -0.250. The normalized spacial score (nSPS) is 28.2. The van der Waals surface area contributed by atoms with Crippen molar-refractivity contribution in [2.24, 2.45) is 0 Å². The molecule has 0 aromatic heterocycles. The topological polar surface area (TPSA) is 74.3 Å². The van der Waals surface area contributed by atoms with Crippen LogP contribution in [-0.2, 0) is 29.6 Å². The van der Waals surface area contributed by atoms with Crippen LogP contribution in [0.3, 0.4) is 0 Å². The minimum atomic E-state index is -3.19. The van der Waals surface area contributed by atoms with Crippen LogP contribution in [0.2, 0.25) is 0 Å². The third-order valence-electron chi connectivity index (χ3n) is 4.94. The molecule has 2 spiro atoms. The Morgan fingerprint density at radius 3 is 1.91 bits per heavy atom. The molecule has 0 aromatic carbocycles. The van der Waals surface area contributed by atoms with Gasteiger partial charge in [-0.25, -0.2) is 12.7 Å². The van der Waals surface area contributed by atoms with E-state index >= 15 is 0 Å². The van der Waals surface area contributed by atoms with Gasteiger partial charge in [0.2, 0.25) is 21.6 Å². The molecule has 0 radical (unpaired) electrons. The molecule has 3 rings (SSSR count). The van der Waals surface area contributed by atoms with Crippen molar-refractivity contribution in [1.29, 1.82) is 0 Å². The molecule has 2 saturated heterocycles. The van der Waals surface area contributed by atoms with Crippen molar-refractivity contribution in [3.63, 3.8) is 0 Å². The van der Waals surface area contributed by atoms with Crippen LogP contribution in [0, 0.1) is 0 Å². The van der Waals surface area contributed by atoms with Crippen LogP contribution in [-0.4, -0.2) is 43.1 Å². The molecule has 0 N–H and O–H groups in total. The molecule has 3 aliphatic rings. The summed E-state index contributed by atoms with van der Waals surface area (Å²) in [5.74, 6) is -1.54. The first-order valence-corrected chi connectivity index (χ1v) is 10.3. The molecule has 2 aliphatic heterocycles. The highest BCUT2D eigenvalue weighted by Gasteiger charge is 2.51. The van der Waals surface area contributed by atoms with E-state index in [2.05, 4.69) is 0 Å². The molecule has 8 heteroatoms. The molecule has 134 valence electrons. The predicted molar refractivity (Wildman–Crippen MR) is 82.4 cm³/mol. The molecule has 2 heterocycles. The zero-order valence-electron chi connectivity index (χ0n) is 13.8. The number of sulfonamides is 1. The Labute approximate surface area is 138 Å². The highest BCUT2D eigenvalue weighted by atomic mass is 32.2. The maximum Gasteiger partial charge on any atom is 0.236 e. The third-order valence-corrected chi connectivity index (χ3v) is 6.90. The smallest absolute Gasteiger partial charge is 0.212 e. The van der Waals surface area contributed by atoms with E-state index in [-0.39, 0.29) is 5.75 Å². The highest BCUT2D eigenvalue weighted by molar-refractivity contribution is 7.89. The lowest BCUT2D eigenvalue weighted by Crippen LogP contribution is -2.56. The Bertz CT molecular complexity index is 482. The van der Waals surface area contributed by atoms with Crippen molar-refractivity contribution < 1.29 is 28.0 Å². The average Bonchev–Trinajstić information content (AvgIpc) is 2.58. The summed E-state index contributed by atoms with van der Waals surface area (Å²) in [4.78, 5) is 22.3. The van der Waals surface area contributed by atoms with Crippen LogP contribution in [0.5, 0.6) is 0 Å². The van der Waals surface area contributed by atoms with Gasteiger partial charge in [0.25, 0.3) is 0 Å². The fourth-order valence-electron chi connectivity index (χ4n) is 3.32. The van der Waals surface area contributed by atoms with Crippen LogP contribution in [0.25, 0.3) is 0 Å². The van der Waals surface area contributed by atoms with Gasteiger partial charge in [0, 0.05) is 38.8 Å². The molecule has 0 bridgehead atoms. The van der Waals surface area contributed by atoms with Crippen molar-refractivity contribution in [2.45, 2.75) is 76.3 Å². The second kappa shape index (κ2) is 6.93. The van der Waals surface area contributed by atoms with Crippen LogP contribution in [0.1, 0.15) is 64.7 Å². The maximum absolute atomic E-state index is 12.2. The third kappa shape index (κ3) is 3.88. The van der Waals surface area contributed by atoms with Crippen LogP contribution >= 0.6 is 0 Å². The minimum Gasteiger partial charge on any atom is -0.212 e. The number of nitrogens with zero attached hydrogens (tertiary/aromatic N) is 1. The molecule has 0 unspecified atom stereocenters. The zero-order valence-corrected chi connectivity index (χ0v) is 14.6. The average molecular weight is 349 g/mol. The summed E-state index contributed by atoms with van der Waals surface area (Å²) in [5.41, 5.74) is 0. The van der Waals surface area contributed by atoms with Gasteiger partial charge in [0.15, 0.2) is 0 Å². The molecule has 1 aliphatic carbocycles. The van der Waals surface area contributed by atoms with Gasteiger partial charge in [-0.3, -0.25) is 0 Å². The van der Waals surface area contributed by atoms with E-state index < -0.39 is 21.6 Å². The van der Waals surface area contributed by atoms with Gasteiger partial charge < -0.3 is 0 Å². The monoisotopic (exact) mass is 349 g/mol. The Morgan fingerprint density at radius 1 is 0.870 bits per heavy atom. The van der Waals surface area contributed by atoms with Gasteiger partial charge in [-0.2, -0.15) is 19.6 Å². The van der Waals surface area contributed by atoms with Gasteiger partial charge in [-0.1, -0.05) is 19.8 Å². The van der Waals surface area contributed by atoms with Crippen molar-refractivity contribution in [1.82, 2.24) is 4.31 Å². The molecule has 23 heavy (non-hydrogen) atoms. The van der Waals surface area contributed by atoms with E-state index in [9.17, 15) is 8.42 Å². The predicted octanol–water partition coefficient (Wildman–Crippen LogP) is 2.48. The van der Waals surface area contributed by atoms with E-state index in [0.717, 1.165) is 32.1 Å². The summed E-state index contributed by atoms with van der Waals surface area (Å²) < 4.78 is 26.0. The first kappa shape index (κ1) is 17.6. The summed E-state index contributed by atoms with van der Waals surface area (Å²) >= 11 is 0. The van der Waals surface area contributed by atoms with E-state index in [1.165, 1.54) is 10.7 Å². The Morgan fingerprint density at radius 2 is 1.39 bits per heavy atom. The number of piperidine rings is 1. The van der Waals surface area contributed by atoms with Crippen LogP contribution in [0.4, 0.5) is 0 Å². The zero-order chi connectivity index (χ0) is 16.4. The fourth-order valence-corrected chi connectivity index (χ4v) is 4.97. The van der Waals surface area contributed by atoms with Crippen LogP contribution < -0.4 is 0 Å². The van der Waals surface area contributed by atoms with Gasteiger partial charge >= 0.3 is 0 Å². The van der Waals surface area contributed by atoms with Gasteiger partial charge in [0.1, 0.15) is 0 Å². The van der Waals surface area contributed by atoms with Gasteiger partial charge in [-0.15, -0.1) is 0 Å². The molecule has 0 amide bonds. The fraction of sp³-hybridized carbons (Fsp3) is 1.00. The second-order valence-electron chi connectivity index (χ2n) is 6.78. The first-order chi connectivity index (χ1) is 11.0. The van der Waals surface area contributed by atoms with E-state index in [4.69, 9.17) is 19.6 Å². The summed E-state index contributed by atoms with van der Waals surface area (Å²) in [5, 5.41) is 0. The Balaban J connectivity index is 1.53. The maximum atomic E-state index is 12.2. The van der Waals surface area contributed by atoms with Gasteiger partial charge in [-0.05, 0) is 19.3 Å². The minimum absolute atomic E-state index is 0.203. The van der Waals surface area contributed by atoms with E-state index in [1.807, 2.05) is 6.92 Å². The van der Waals surface area contributed by atoms with E-state index in [1.54, 1.807) is 0 Å². The summed E-state index contributed by atoms with van der Waals surface area (Å²) in [6.45, 7) is 2.72. The standard InChI is InChI=1S/C15H27NO6S/c1-2-3-13-23(17,18)16-11-9-15(10-12-16)21-19-14(20-22-15)7-5-4-6-8-14/h2-13H2,1H3. The SMILES string of the molecule is CCCCS(=O)(=O)N1CCC2(CC1)OOC1(CCCCC1)OO2. The summed E-state index contributed by atoms with van der Waals surface area (Å²) in [6.07, 6.45) is 7.14. The molecule has 0 aromatic rings. The first-order valence-electron chi connectivity index (χ1n) is 8.71. The lowest BCUT2D eigenvalue weighted by atomic mass is 9.94. The lowest BCUT2D eigenvalue weighted by molar-refractivity contribution is -0.662. The van der Waals surface area contributed by atoms with Crippen molar-refractivity contribution in [3.05, 3.63) is 0 Å². The second-order valence-corrected chi connectivity index (χ2v) is 8.87. The molecule has 7 nitrogen and oxygen atoms in total. The van der Waals surface area contributed by atoms with Crippen molar-refractivity contribution in [2.75, 3.05) is 18.8 Å². The molecular formula is C15H27NO6S. The Kier molecular flexibility index (Phi) is 5.30. The summed E-state index contributed by atoms with van der Waals surface area (Å²) in [6, 6.07) is 0. The number of rotatable bonds is 4. The van der Waals surface area contributed by atoms with Crippen LogP contribution in [0.15, 0.2) is 0 Å². The highest BCUT2D eigenvalue weighted by Crippen LogP contribution is 2.42. The molecule has 1 saturated carbocycles. The molecule has 0 atom stereocenters. The quantitative estimate of drug-likeness (QED) is 0.726. The number of hydrogen-bond donors (Lipinski definition) is 0. The van der Waals surface area contributed by atoms with E-state index in [0.29, 0.717) is 32.4 Å². The lowest BCUT2D eigenvalue weighted by Gasteiger charge is -2.46. The van der Waals surface area contributed by atoms with Crippen molar-refractivity contribution >= 4 is 10.0 Å². The van der Waals surface area contributed by atoms with Crippen molar-refractivity contribution in [3.8, 4) is 0 Å². The number of hydrogen-bond acceptors (Lipinski definition) is 6. The molecular weight excluding hydrogens is 322 g/mol. The number of unbranched alkanes of at least 4 members (excludes halogenated alkanes) is 1. The summed E-state index contributed by atoms with van der Waals surface area (Å²) in [7, 11) is -3.19.